The Hall–Kier alpha value is -0.185. The SMILES string of the molecule is CCCCC(N)CCC.FB(F)F. The van der Waals surface area contributed by atoms with E-state index in [2.05, 4.69) is 13.8 Å². The molecule has 1 nitrogen and oxygen atoms in total. The Balaban J connectivity index is 0. The lowest BCUT2D eigenvalue weighted by Crippen LogP contribution is -2.18. The second kappa shape index (κ2) is 11.8. The molecule has 80 valence electrons. The summed E-state index contributed by atoms with van der Waals surface area (Å²) < 4.78 is 29.0. The fourth-order valence-electron chi connectivity index (χ4n) is 0.981. The lowest BCUT2D eigenvalue weighted by Gasteiger charge is -2.07. The predicted octanol–water partition coefficient (Wildman–Crippen LogP) is 3.18. The molecular formula is C8H19BF3N. The van der Waals surface area contributed by atoms with Crippen LogP contribution in [0.15, 0.2) is 0 Å². The summed E-state index contributed by atoms with van der Waals surface area (Å²) in [5.41, 5.74) is 5.77. The first kappa shape index (κ1) is 15.3. The maximum absolute atomic E-state index is 9.67. The standard InChI is InChI=1S/C8H19N.BF3/c1-3-5-7-8(9)6-4-2;2-1(3)4/h8H,3-7,9H2,1-2H3;. The van der Waals surface area contributed by atoms with E-state index in [0.717, 1.165) is 0 Å². The van der Waals surface area contributed by atoms with Gasteiger partial charge in [-0.1, -0.05) is 33.1 Å². The average molecular weight is 197 g/mol. The van der Waals surface area contributed by atoms with Crippen molar-refractivity contribution in [2.75, 3.05) is 0 Å². The van der Waals surface area contributed by atoms with Crippen LogP contribution < -0.4 is 5.73 Å². The number of unbranched alkanes of at least 4 members (excludes halogenated alkanes) is 1. The molecule has 13 heavy (non-hydrogen) atoms. The van der Waals surface area contributed by atoms with Crippen molar-refractivity contribution in [3.05, 3.63) is 0 Å². The first-order valence-electron chi connectivity index (χ1n) is 4.72. The van der Waals surface area contributed by atoms with Crippen LogP contribution in [0.5, 0.6) is 0 Å². The first-order valence-corrected chi connectivity index (χ1v) is 4.72. The van der Waals surface area contributed by atoms with Crippen molar-refractivity contribution in [3.8, 4) is 0 Å². The molecule has 0 aromatic rings. The molecular weight excluding hydrogens is 178 g/mol. The molecule has 0 spiro atoms. The topological polar surface area (TPSA) is 26.0 Å². The van der Waals surface area contributed by atoms with Gasteiger partial charge in [-0.25, -0.2) is 0 Å². The average Bonchev–Trinajstić information content (AvgIpc) is 2.00. The second-order valence-electron chi connectivity index (χ2n) is 2.94. The Morgan fingerprint density at radius 3 is 1.85 bits per heavy atom. The van der Waals surface area contributed by atoms with Crippen LogP contribution in [0.3, 0.4) is 0 Å². The van der Waals surface area contributed by atoms with Crippen LogP contribution in [-0.2, 0) is 0 Å². The smallest absolute Gasteiger partial charge is 0.328 e. The van der Waals surface area contributed by atoms with Gasteiger partial charge in [0.05, 0.1) is 0 Å². The molecule has 0 radical (unpaired) electrons. The van der Waals surface area contributed by atoms with Crippen LogP contribution in [0.25, 0.3) is 0 Å². The van der Waals surface area contributed by atoms with Gasteiger partial charge in [-0.2, -0.15) is 0 Å². The normalized spacial score (nSPS) is 11.5. The van der Waals surface area contributed by atoms with Gasteiger partial charge in [0.25, 0.3) is 0 Å². The molecule has 0 aliphatic heterocycles. The third-order valence-corrected chi connectivity index (χ3v) is 1.59. The van der Waals surface area contributed by atoms with Gasteiger partial charge >= 0.3 is 7.54 Å². The summed E-state index contributed by atoms with van der Waals surface area (Å²) in [6, 6.07) is 0.468. The molecule has 0 aliphatic rings. The molecule has 0 aliphatic carbocycles. The zero-order valence-corrected chi connectivity index (χ0v) is 8.40. The van der Waals surface area contributed by atoms with Gasteiger partial charge < -0.3 is 5.73 Å². The number of hydrogen-bond acceptors (Lipinski definition) is 1. The monoisotopic (exact) mass is 197 g/mol. The number of hydrogen-bond donors (Lipinski definition) is 1. The summed E-state index contributed by atoms with van der Waals surface area (Å²) in [7, 11) is -3.67. The molecule has 0 aromatic carbocycles. The minimum absolute atomic E-state index is 0.468. The minimum atomic E-state index is -3.67. The van der Waals surface area contributed by atoms with Gasteiger partial charge in [0.1, 0.15) is 0 Å². The van der Waals surface area contributed by atoms with Gasteiger partial charge in [-0.3, -0.25) is 12.9 Å². The summed E-state index contributed by atoms with van der Waals surface area (Å²) in [5, 5.41) is 0. The molecule has 0 fully saturated rings. The number of rotatable bonds is 5. The Labute approximate surface area is 79.1 Å². The van der Waals surface area contributed by atoms with Crippen LogP contribution in [0.4, 0.5) is 12.9 Å². The van der Waals surface area contributed by atoms with Crippen molar-refractivity contribution >= 4 is 7.54 Å². The Bertz CT molecular complexity index is 90.7. The van der Waals surface area contributed by atoms with E-state index in [1.807, 2.05) is 0 Å². The fourth-order valence-corrected chi connectivity index (χ4v) is 0.981. The maximum atomic E-state index is 9.67. The summed E-state index contributed by atoms with van der Waals surface area (Å²) in [6.07, 6.45) is 6.20. The van der Waals surface area contributed by atoms with E-state index < -0.39 is 7.54 Å². The summed E-state index contributed by atoms with van der Waals surface area (Å²) in [6.45, 7) is 4.39. The third kappa shape index (κ3) is 24.5. The molecule has 0 saturated carbocycles. The second-order valence-corrected chi connectivity index (χ2v) is 2.94. The van der Waals surface area contributed by atoms with E-state index in [9.17, 15) is 12.9 Å². The Morgan fingerprint density at radius 2 is 1.54 bits per heavy atom. The summed E-state index contributed by atoms with van der Waals surface area (Å²) >= 11 is 0. The van der Waals surface area contributed by atoms with E-state index in [-0.39, 0.29) is 0 Å². The molecule has 0 saturated heterocycles. The predicted molar refractivity (Wildman–Crippen MR) is 51.5 cm³/mol. The Morgan fingerprint density at radius 1 is 1.08 bits per heavy atom. The lowest BCUT2D eigenvalue weighted by molar-refractivity contribution is 0.535. The highest BCUT2D eigenvalue weighted by Gasteiger charge is 2.06. The zero-order chi connectivity index (χ0) is 10.7. The van der Waals surface area contributed by atoms with E-state index >= 15 is 0 Å². The first-order chi connectivity index (χ1) is 6.04. The quantitative estimate of drug-likeness (QED) is 0.673. The highest BCUT2D eigenvalue weighted by atomic mass is 19.4. The van der Waals surface area contributed by atoms with Gasteiger partial charge in [-0.05, 0) is 12.8 Å². The maximum Gasteiger partial charge on any atom is 0.762 e. The van der Waals surface area contributed by atoms with Crippen LogP contribution in [-0.4, -0.2) is 13.6 Å². The summed E-state index contributed by atoms with van der Waals surface area (Å²) in [5.74, 6) is 0. The van der Waals surface area contributed by atoms with Crippen molar-refractivity contribution in [1.29, 1.82) is 0 Å². The number of halogens is 3. The van der Waals surface area contributed by atoms with Crippen LogP contribution in [0, 0.1) is 0 Å². The van der Waals surface area contributed by atoms with E-state index in [1.165, 1.54) is 32.1 Å². The molecule has 5 heteroatoms. The van der Waals surface area contributed by atoms with Crippen molar-refractivity contribution in [2.24, 2.45) is 5.73 Å². The highest BCUT2D eigenvalue weighted by molar-refractivity contribution is 6.33. The lowest BCUT2D eigenvalue weighted by atomic mass is 10.1. The minimum Gasteiger partial charge on any atom is -0.328 e. The summed E-state index contributed by atoms with van der Waals surface area (Å²) in [4.78, 5) is 0. The molecule has 0 bridgehead atoms. The molecule has 0 heterocycles. The van der Waals surface area contributed by atoms with E-state index in [0.29, 0.717) is 6.04 Å². The molecule has 0 amide bonds. The van der Waals surface area contributed by atoms with Crippen molar-refractivity contribution < 1.29 is 12.9 Å². The van der Waals surface area contributed by atoms with Crippen molar-refractivity contribution in [3.63, 3.8) is 0 Å². The van der Waals surface area contributed by atoms with Crippen LogP contribution in [0.2, 0.25) is 0 Å². The van der Waals surface area contributed by atoms with E-state index in [4.69, 9.17) is 5.73 Å². The van der Waals surface area contributed by atoms with Gasteiger partial charge in [0.2, 0.25) is 0 Å². The zero-order valence-electron chi connectivity index (χ0n) is 8.40. The molecule has 1 unspecified atom stereocenters. The molecule has 1 atom stereocenters. The Kier molecular flexibility index (Phi) is 13.9. The van der Waals surface area contributed by atoms with Crippen molar-refractivity contribution in [1.82, 2.24) is 0 Å². The van der Waals surface area contributed by atoms with Gasteiger partial charge in [-0.15, -0.1) is 0 Å². The van der Waals surface area contributed by atoms with E-state index in [1.54, 1.807) is 0 Å². The molecule has 0 aromatic heterocycles. The van der Waals surface area contributed by atoms with Crippen molar-refractivity contribution in [2.45, 2.75) is 52.0 Å². The third-order valence-electron chi connectivity index (χ3n) is 1.59. The molecule has 2 N–H and O–H groups in total. The van der Waals surface area contributed by atoms with Crippen LogP contribution >= 0.6 is 0 Å². The number of nitrogens with two attached hydrogens (primary N) is 1. The highest BCUT2D eigenvalue weighted by Crippen LogP contribution is 2.02. The van der Waals surface area contributed by atoms with Gasteiger partial charge in [0, 0.05) is 6.04 Å². The fraction of sp³-hybridized carbons (Fsp3) is 1.00. The van der Waals surface area contributed by atoms with Gasteiger partial charge in [0.15, 0.2) is 0 Å². The molecule has 0 rings (SSSR count). The van der Waals surface area contributed by atoms with Crippen LogP contribution in [0.1, 0.15) is 46.0 Å². The largest absolute Gasteiger partial charge is 0.762 e.